The minimum atomic E-state index is -0.384. The Morgan fingerprint density at radius 3 is 2.57 bits per heavy atom. The summed E-state index contributed by atoms with van der Waals surface area (Å²) in [6.07, 6.45) is -0.384. The molecule has 4 N–H and O–H groups in total. The molecule has 44 valence electrons. The van der Waals surface area contributed by atoms with Gasteiger partial charge in [0.2, 0.25) is 0 Å². The molecule has 0 bridgehead atoms. The van der Waals surface area contributed by atoms with E-state index in [0.29, 0.717) is 13.2 Å². The van der Waals surface area contributed by atoms with Crippen molar-refractivity contribution in [3.63, 3.8) is 0 Å². The average molecular weight is 106 g/mol. The van der Waals surface area contributed by atoms with Crippen molar-refractivity contribution in [1.29, 1.82) is 0 Å². The third-order valence-electron chi connectivity index (χ3n) is 0.692. The van der Waals surface area contributed by atoms with Gasteiger partial charge in [0, 0.05) is 7.11 Å². The van der Waals surface area contributed by atoms with Crippen molar-refractivity contribution in [2.24, 2.45) is 0 Å². The van der Waals surface area contributed by atoms with Gasteiger partial charge in [0.25, 0.3) is 0 Å². The molecule has 0 saturated carbocycles. The van der Waals surface area contributed by atoms with Crippen LogP contribution in [0.1, 0.15) is 0 Å². The first kappa shape index (κ1) is 6.88. The lowest BCUT2D eigenvalue weighted by Crippen LogP contribution is -2.56. The first-order valence-electron chi connectivity index (χ1n) is 2.27. The fourth-order valence-electron chi connectivity index (χ4n) is 0.276. The van der Waals surface area contributed by atoms with E-state index in [1.165, 1.54) is 0 Å². The summed E-state index contributed by atoms with van der Waals surface area (Å²) in [6, 6.07) is 0. The van der Waals surface area contributed by atoms with Crippen LogP contribution in [-0.4, -0.2) is 31.5 Å². The van der Waals surface area contributed by atoms with Crippen molar-refractivity contribution >= 4 is 0 Å². The largest absolute Gasteiger partial charge is 0.385 e. The molecule has 3 heteroatoms. The zero-order valence-electron chi connectivity index (χ0n) is 4.55. The van der Waals surface area contributed by atoms with Crippen molar-refractivity contribution in [3.8, 4) is 0 Å². The molecule has 1 atom stereocenters. The van der Waals surface area contributed by atoms with Gasteiger partial charge in [0.05, 0.1) is 6.61 Å². The number of aliphatic hydroxyl groups excluding tert-OH is 1. The van der Waals surface area contributed by atoms with Gasteiger partial charge in [-0.15, -0.1) is 0 Å². The summed E-state index contributed by atoms with van der Waals surface area (Å²) in [7, 11) is 1.55. The lowest BCUT2D eigenvalue weighted by atomic mass is 10.4. The second-order valence-corrected chi connectivity index (χ2v) is 1.40. The Kier molecular flexibility index (Phi) is 3.98. The van der Waals surface area contributed by atoms with Crippen LogP contribution < -0.4 is 5.73 Å². The van der Waals surface area contributed by atoms with Crippen LogP contribution in [-0.2, 0) is 4.74 Å². The molecule has 0 radical (unpaired) electrons. The molecule has 0 amide bonds. The molecule has 0 spiro atoms. The summed E-state index contributed by atoms with van der Waals surface area (Å²) in [4.78, 5) is 0. The standard InChI is InChI=1S/C4H11NO2/c1-7-3-4(6)2-5/h4,6H,2-3,5H2,1H3/p+1/t4-/m1/s1. The van der Waals surface area contributed by atoms with E-state index in [4.69, 9.17) is 5.11 Å². The molecule has 0 rings (SSSR count). The van der Waals surface area contributed by atoms with Crippen LogP contribution in [0.15, 0.2) is 0 Å². The number of ether oxygens (including phenoxy) is 1. The Labute approximate surface area is 43.1 Å². The van der Waals surface area contributed by atoms with Gasteiger partial charge in [-0.25, -0.2) is 0 Å². The Hall–Kier alpha value is -0.120. The van der Waals surface area contributed by atoms with E-state index in [-0.39, 0.29) is 6.10 Å². The molecule has 0 aromatic carbocycles. The van der Waals surface area contributed by atoms with Crippen LogP contribution in [0, 0.1) is 0 Å². The van der Waals surface area contributed by atoms with E-state index in [1.54, 1.807) is 7.11 Å². The molecular weight excluding hydrogens is 94.0 g/mol. The van der Waals surface area contributed by atoms with Gasteiger partial charge in [-0.05, 0) is 0 Å². The number of aliphatic hydroxyl groups is 1. The molecule has 3 nitrogen and oxygen atoms in total. The molecule has 0 aliphatic heterocycles. The Morgan fingerprint density at radius 1 is 1.86 bits per heavy atom. The molecule has 0 heterocycles. The molecule has 0 aliphatic carbocycles. The monoisotopic (exact) mass is 106 g/mol. The van der Waals surface area contributed by atoms with Crippen LogP contribution in [0.4, 0.5) is 0 Å². The van der Waals surface area contributed by atoms with Gasteiger partial charge < -0.3 is 15.6 Å². The highest BCUT2D eigenvalue weighted by molar-refractivity contribution is 4.44. The third-order valence-corrected chi connectivity index (χ3v) is 0.692. The summed E-state index contributed by atoms with van der Waals surface area (Å²) in [5.74, 6) is 0. The number of methoxy groups -OCH3 is 1. The summed E-state index contributed by atoms with van der Waals surface area (Å²) in [6.45, 7) is 0.914. The molecule has 7 heavy (non-hydrogen) atoms. The zero-order valence-corrected chi connectivity index (χ0v) is 4.55. The lowest BCUT2D eigenvalue weighted by molar-refractivity contribution is -0.385. The van der Waals surface area contributed by atoms with E-state index >= 15 is 0 Å². The van der Waals surface area contributed by atoms with Gasteiger partial charge in [0.1, 0.15) is 12.6 Å². The van der Waals surface area contributed by atoms with Gasteiger partial charge in [-0.3, -0.25) is 0 Å². The quantitative estimate of drug-likeness (QED) is 0.447. The minimum Gasteiger partial charge on any atom is -0.385 e. The number of hydrogen-bond acceptors (Lipinski definition) is 2. The van der Waals surface area contributed by atoms with E-state index in [0.717, 1.165) is 0 Å². The second-order valence-electron chi connectivity index (χ2n) is 1.40. The van der Waals surface area contributed by atoms with Crippen LogP contribution >= 0.6 is 0 Å². The van der Waals surface area contributed by atoms with Crippen molar-refractivity contribution in [3.05, 3.63) is 0 Å². The lowest BCUT2D eigenvalue weighted by Gasteiger charge is -2.00. The van der Waals surface area contributed by atoms with Gasteiger partial charge >= 0.3 is 0 Å². The van der Waals surface area contributed by atoms with E-state index in [9.17, 15) is 0 Å². The van der Waals surface area contributed by atoms with E-state index in [2.05, 4.69) is 10.5 Å². The average Bonchev–Trinajstić information content (AvgIpc) is 1.68. The summed E-state index contributed by atoms with van der Waals surface area (Å²) >= 11 is 0. The SMILES string of the molecule is COC[C@H](O)C[NH3+]. The third kappa shape index (κ3) is 3.72. The number of quaternary nitrogens is 1. The van der Waals surface area contributed by atoms with Crippen LogP contribution in [0.25, 0.3) is 0 Å². The molecule has 0 aromatic heterocycles. The first-order valence-corrected chi connectivity index (χ1v) is 2.27. The van der Waals surface area contributed by atoms with E-state index in [1.807, 2.05) is 0 Å². The summed E-state index contributed by atoms with van der Waals surface area (Å²) in [5.41, 5.74) is 3.47. The molecular formula is C4H12NO2+. The summed E-state index contributed by atoms with van der Waals surface area (Å²) < 4.78 is 4.60. The number of hydrogen-bond donors (Lipinski definition) is 2. The van der Waals surface area contributed by atoms with Crippen LogP contribution in [0.3, 0.4) is 0 Å². The highest BCUT2D eigenvalue weighted by Crippen LogP contribution is 1.74. The van der Waals surface area contributed by atoms with Crippen molar-refractivity contribution in [2.45, 2.75) is 6.10 Å². The van der Waals surface area contributed by atoms with E-state index < -0.39 is 0 Å². The Balaban J connectivity index is 2.83. The maximum absolute atomic E-state index is 8.67. The Morgan fingerprint density at radius 2 is 2.43 bits per heavy atom. The minimum absolute atomic E-state index is 0.384. The van der Waals surface area contributed by atoms with Crippen LogP contribution in [0.2, 0.25) is 0 Å². The number of rotatable bonds is 3. The predicted octanol–water partition coefficient (Wildman–Crippen LogP) is -1.76. The maximum Gasteiger partial charge on any atom is 0.126 e. The highest BCUT2D eigenvalue weighted by Gasteiger charge is 1.98. The smallest absolute Gasteiger partial charge is 0.126 e. The molecule has 0 fully saturated rings. The predicted molar refractivity (Wildman–Crippen MR) is 25.6 cm³/mol. The van der Waals surface area contributed by atoms with Gasteiger partial charge in [-0.2, -0.15) is 0 Å². The van der Waals surface area contributed by atoms with Crippen molar-refractivity contribution in [2.75, 3.05) is 20.3 Å². The highest BCUT2D eigenvalue weighted by atomic mass is 16.5. The second kappa shape index (κ2) is 4.05. The first-order chi connectivity index (χ1) is 3.31. The molecule has 0 aliphatic rings. The van der Waals surface area contributed by atoms with Crippen molar-refractivity contribution < 1.29 is 15.6 Å². The van der Waals surface area contributed by atoms with Crippen molar-refractivity contribution in [1.82, 2.24) is 0 Å². The maximum atomic E-state index is 8.67. The van der Waals surface area contributed by atoms with Gasteiger partial charge in [-0.1, -0.05) is 0 Å². The fourth-order valence-corrected chi connectivity index (χ4v) is 0.276. The normalized spacial score (nSPS) is 14.1. The van der Waals surface area contributed by atoms with Gasteiger partial charge in [0.15, 0.2) is 0 Å². The molecule has 0 aromatic rings. The van der Waals surface area contributed by atoms with Crippen LogP contribution in [0.5, 0.6) is 0 Å². The molecule has 0 saturated heterocycles. The topological polar surface area (TPSA) is 57.1 Å². The fraction of sp³-hybridized carbons (Fsp3) is 1.00. The molecule has 0 unspecified atom stereocenters. The Bertz CT molecular complexity index is 40.7. The zero-order chi connectivity index (χ0) is 5.70. The summed E-state index contributed by atoms with van der Waals surface area (Å²) in [5, 5.41) is 8.67.